The highest BCUT2D eigenvalue weighted by Crippen LogP contribution is 2.34. The van der Waals surface area contributed by atoms with Gasteiger partial charge >= 0.3 is 12.2 Å². The predicted octanol–water partition coefficient (Wildman–Crippen LogP) is 4.37. The maximum atomic E-state index is 13.0. The third-order valence-electron chi connectivity index (χ3n) is 4.50. The summed E-state index contributed by atoms with van der Waals surface area (Å²) in [5.41, 5.74) is 1.22. The number of nitrogens with one attached hydrogen (secondary N) is 1. The zero-order chi connectivity index (χ0) is 18.7. The van der Waals surface area contributed by atoms with E-state index in [1.54, 1.807) is 4.90 Å². The summed E-state index contributed by atoms with van der Waals surface area (Å²) in [6.45, 7) is 4.21. The third-order valence-corrected chi connectivity index (χ3v) is 4.50. The maximum Gasteiger partial charge on any atom is 0.418 e. The van der Waals surface area contributed by atoms with Crippen molar-refractivity contribution in [2.75, 3.05) is 36.4 Å². The fourth-order valence-corrected chi connectivity index (χ4v) is 3.10. The van der Waals surface area contributed by atoms with Gasteiger partial charge in [-0.15, -0.1) is 0 Å². The number of carbonyl (C=O) groups is 1. The van der Waals surface area contributed by atoms with Gasteiger partial charge in [0, 0.05) is 31.9 Å². The van der Waals surface area contributed by atoms with Crippen molar-refractivity contribution in [2.24, 2.45) is 0 Å². The van der Waals surface area contributed by atoms with Crippen LogP contribution in [-0.4, -0.2) is 37.1 Å². The Balaban J connectivity index is 1.64. The number of aryl methyl sites for hydroxylation is 1. The number of rotatable bonds is 2. The fourth-order valence-electron chi connectivity index (χ4n) is 3.10. The number of urea groups is 1. The Kier molecular flexibility index (Phi) is 5.06. The minimum Gasteiger partial charge on any atom is -0.368 e. The lowest BCUT2D eigenvalue weighted by Gasteiger charge is -2.36. The fraction of sp³-hybridized carbons (Fsp3) is 0.316. The van der Waals surface area contributed by atoms with Gasteiger partial charge in [0.2, 0.25) is 0 Å². The van der Waals surface area contributed by atoms with E-state index in [1.807, 2.05) is 31.2 Å². The van der Waals surface area contributed by atoms with Crippen LogP contribution in [0, 0.1) is 6.92 Å². The molecule has 1 heterocycles. The number of para-hydroxylation sites is 2. The van der Waals surface area contributed by atoms with Gasteiger partial charge in [0.1, 0.15) is 0 Å². The van der Waals surface area contributed by atoms with Crippen molar-refractivity contribution in [2.45, 2.75) is 13.1 Å². The maximum absolute atomic E-state index is 13.0. The summed E-state index contributed by atoms with van der Waals surface area (Å²) < 4.78 is 39.1. The van der Waals surface area contributed by atoms with Crippen molar-refractivity contribution in [3.63, 3.8) is 0 Å². The lowest BCUT2D eigenvalue weighted by atomic mass is 10.1. The summed E-state index contributed by atoms with van der Waals surface area (Å²) in [6.07, 6.45) is -4.51. The van der Waals surface area contributed by atoms with Crippen LogP contribution < -0.4 is 10.2 Å². The molecule has 7 heteroatoms. The van der Waals surface area contributed by atoms with Crippen LogP contribution in [0.1, 0.15) is 11.1 Å². The monoisotopic (exact) mass is 363 g/mol. The Hall–Kier alpha value is -2.70. The molecule has 0 saturated carbocycles. The number of anilines is 2. The molecule has 4 nitrogen and oxygen atoms in total. The molecule has 0 radical (unpaired) electrons. The van der Waals surface area contributed by atoms with E-state index in [0.717, 1.165) is 17.3 Å². The number of piperazine rings is 1. The molecule has 1 aliphatic heterocycles. The Bertz CT molecular complexity index is 784. The van der Waals surface area contributed by atoms with Crippen LogP contribution in [0.3, 0.4) is 0 Å². The predicted molar refractivity (Wildman–Crippen MR) is 95.4 cm³/mol. The number of benzene rings is 2. The highest BCUT2D eigenvalue weighted by Gasteiger charge is 2.34. The molecule has 2 aromatic rings. The van der Waals surface area contributed by atoms with Gasteiger partial charge < -0.3 is 15.1 Å². The molecule has 0 unspecified atom stereocenters. The van der Waals surface area contributed by atoms with Crippen molar-refractivity contribution < 1.29 is 18.0 Å². The van der Waals surface area contributed by atoms with Crippen LogP contribution in [0.15, 0.2) is 48.5 Å². The van der Waals surface area contributed by atoms with Crippen molar-refractivity contribution in [1.29, 1.82) is 0 Å². The second kappa shape index (κ2) is 7.27. The van der Waals surface area contributed by atoms with Gasteiger partial charge in [0.25, 0.3) is 0 Å². The number of halogens is 3. The Morgan fingerprint density at radius 3 is 2.23 bits per heavy atom. The SMILES string of the molecule is Cc1ccccc1N1CCN(C(=O)Nc2ccccc2C(F)(F)F)CC1. The lowest BCUT2D eigenvalue weighted by molar-refractivity contribution is -0.136. The Labute approximate surface area is 150 Å². The molecule has 1 saturated heterocycles. The molecule has 0 spiro atoms. The van der Waals surface area contributed by atoms with Crippen LogP contribution in [0.5, 0.6) is 0 Å². The van der Waals surface area contributed by atoms with E-state index in [1.165, 1.54) is 18.2 Å². The highest BCUT2D eigenvalue weighted by atomic mass is 19.4. The summed E-state index contributed by atoms with van der Waals surface area (Å²) in [4.78, 5) is 16.1. The van der Waals surface area contributed by atoms with Gasteiger partial charge in [-0.2, -0.15) is 13.2 Å². The second-order valence-corrected chi connectivity index (χ2v) is 6.23. The van der Waals surface area contributed by atoms with Crippen molar-refractivity contribution in [3.8, 4) is 0 Å². The zero-order valence-electron chi connectivity index (χ0n) is 14.4. The molecule has 26 heavy (non-hydrogen) atoms. The summed E-state index contributed by atoms with van der Waals surface area (Å²) in [6, 6.07) is 12.5. The first-order valence-electron chi connectivity index (χ1n) is 8.39. The molecule has 138 valence electrons. The normalized spacial score (nSPS) is 15.1. The molecule has 0 atom stereocenters. The smallest absolute Gasteiger partial charge is 0.368 e. The number of amides is 2. The van der Waals surface area contributed by atoms with Crippen LogP contribution in [0.25, 0.3) is 0 Å². The summed E-state index contributed by atoms with van der Waals surface area (Å²) >= 11 is 0. The van der Waals surface area contributed by atoms with Crippen LogP contribution in [0.2, 0.25) is 0 Å². The number of nitrogens with zero attached hydrogens (tertiary/aromatic N) is 2. The van der Waals surface area contributed by atoms with Gasteiger partial charge in [0.15, 0.2) is 0 Å². The third kappa shape index (κ3) is 3.92. The largest absolute Gasteiger partial charge is 0.418 e. The van der Waals surface area contributed by atoms with Gasteiger partial charge in [-0.1, -0.05) is 30.3 Å². The standard InChI is InChI=1S/C19H20F3N3O/c1-14-6-2-5-9-17(14)24-10-12-25(13-11-24)18(26)23-16-8-4-3-7-15(16)19(20,21)22/h2-9H,10-13H2,1H3,(H,23,26). The molecule has 0 bridgehead atoms. The van der Waals surface area contributed by atoms with Crippen LogP contribution in [-0.2, 0) is 6.18 Å². The first-order chi connectivity index (χ1) is 12.4. The molecule has 3 rings (SSSR count). The Morgan fingerprint density at radius 1 is 0.962 bits per heavy atom. The van der Waals surface area contributed by atoms with Crippen molar-refractivity contribution in [1.82, 2.24) is 4.90 Å². The molecule has 1 N–H and O–H groups in total. The first kappa shape index (κ1) is 18.1. The van der Waals surface area contributed by atoms with E-state index >= 15 is 0 Å². The second-order valence-electron chi connectivity index (χ2n) is 6.23. The average Bonchev–Trinajstić information content (AvgIpc) is 2.62. The van der Waals surface area contributed by atoms with E-state index in [9.17, 15) is 18.0 Å². The molecular formula is C19H20F3N3O. The Morgan fingerprint density at radius 2 is 1.58 bits per heavy atom. The minimum absolute atomic E-state index is 0.216. The van der Waals surface area contributed by atoms with E-state index in [-0.39, 0.29) is 5.69 Å². The lowest BCUT2D eigenvalue weighted by Crippen LogP contribution is -2.50. The highest BCUT2D eigenvalue weighted by molar-refractivity contribution is 5.90. The van der Waals surface area contributed by atoms with E-state index in [2.05, 4.69) is 10.2 Å². The van der Waals surface area contributed by atoms with Gasteiger partial charge in [-0.05, 0) is 30.7 Å². The molecule has 1 fully saturated rings. The molecule has 2 aromatic carbocycles. The van der Waals surface area contributed by atoms with Crippen LogP contribution >= 0.6 is 0 Å². The number of alkyl halides is 3. The minimum atomic E-state index is -4.51. The first-order valence-corrected chi connectivity index (χ1v) is 8.39. The van der Waals surface area contributed by atoms with Gasteiger partial charge in [0.05, 0.1) is 11.3 Å². The molecular weight excluding hydrogens is 343 g/mol. The number of hydrogen-bond acceptors (Lipinski definition) is 2. The molecule has 0 aliphatic carbocycles. The number of carbonyl (C=O) groups excluding carboxylic acids is 1. The van der Waals surface area contributed by atoms with Gasteiger partial charge in [-0.25, -0.2) is 4.79 Å². The van der Waals surface area contributed by atoms with Gasteiger partial charge in [-0.3, -0.25) is 0 Å². The molecule has 0 aromatic heterocycles. The van der Waals surface area contributed by atoms with E-state index in [0.29, 0.717) is 26.2 Å². The molecule has 1 aliphatic rings. The summed E-state index contributed by atoms with van der Waals surface area (Å²) in [7, 11) is 0. The number of hydrogen-bond donors (Lipinski definition) is 1. The summed E-state index contributed by atoms with van der Waals surface area (Å²) in [5.74, 6) is 0. The summed E-state index contributed by atoms with van der Waals surface area (Å²) in [5, 5.41) is 2.40. The average molecular weight is 363 g/mol. The van der Waals surface area contributed by atoms with E-state index in [4.69, 9.17) is 0 Å². The van der Waals surface area contributed by atoms with Crippen molar-refractivity contribution in [3.05, 3.63) is 59.7 Å². The zero-order valence-corrected chi connectivity index (χ0v) is 14.4. The van der Waals surface area contributed by atoms with Crippen LogP contribution in [0.4, 0.5) is 29.3 Å². The van der Waals surface area contributed by atoms with Crippen molar-refractivity contribution >= 4 is 17.4 Å². The molecule has 2 amide bonds. The van der Waals surface area contributed by atoms with E-state index < -0.39 is 17.8 Å². The quantitative estimate of drug-likeness (QED) is 0.860. The topological polar surface area (TPSA) is 35.6 Å².